The number of ether oxygens (including phenoxy) is 1. The maximum atomic E-state index is 13.3. The van der Waals surface area contributed by atoms with Gasteiger partial charge in [-0.3, -0.25) is 4.90 Å². The smallest absolute Gasteiger partial charge is 0.162 e. The number of piperidine rings is 1. The van der Waals surface area contributed by atoms with Crippen molar-refractivity contribution in [3.05, 3.63) is 29.8 Å². The fraction of sp³-hybridized carbons (Fsp3) is 0.700. The number of rotatable bonds is 5. The normalized spacial score (nSPS) is 29.3. The third kappa shape index (κ3) is 5.16. The van der Waals surface area contributed by atoms with Gasteiger partial charge < -0.3 is 20.1 Å². The van der Waals surface area contributed by atoms with Crippen LogP contribution in [0.4, 0.5) is 8.78 Å². The summed E-state index contributed by atoms with van der Waals surface area (Å²) in [4.78, 5) is 1.96. The summed E-state index contributed by atoms with van der Waals surface area (Å²) in [6.07, 6.45) is 5.12. The van der Waals surface area contributed by atoms with Crippen LogP contribution in [-0.4, -0.2) is 63.8 Å². The standard InChI is InChI=1S/C20H29F2NO4/c21-16-6-5-15(11-17(16)22)27-14-20(26)13-23(10-7-18(20)24)12-19(25)8-3-1-2-4-9-19/h5-6,11,18,24-26H,1-4,7-10,12-14H2/t18-,20-/m0/s1. The number of aliphatic hydroxyl groups excluding tert-OH is 1. The summed E-state index contributed by atoms with van der Waals surface area (Å²) in [5.74, 6) is -1.91. The molecule has 0 unspecified atom stereocenters. The Morgan fingerprint density at radius 2 is 1.78 bits per heavy atom. The van der Waals surface area contributed by atoms with Crippen LogP contribution in [0.15, 0.2) is 18.2 Å². The van der Waals surface area contributed by atoms with Gasteiger partial charge in [-0.25, -0.2) is 8.78 Å². The van der Waals surface area contributed by atoms with E-state index in [0.717, 1.165) is 50.7 Å². The molecule has 0 spiro atoms. The number of benzene rings is 1. The Balaban J connectivity index is 1.61. The highest BCUT2D eigenvalue weighted by atomic mass is 19.2. The summed E-state index contributed by atoms with van der Waals surface area (Å²) >= 11 is 0. The van der Waals surface area contributed by atoms with Gasteiger partial charge in [-0.05, 0) is 31.4 Å². The molecule has 7 heteroatoms. The third-order valence-electron chi connectivity index (χ3n) is 5.77. The van der Waals surface area contributed by atoms with Crippen LogP contribution in [0.25, 0.3) is 0 Å². The van der Waals surface area contributed by atoms with E-state index < -0.39 is 28.9 Å². The molecule has 2 atom stereocenters. The Kier molecular flexibility index (Phi) is 6.35. The summed E-state index contributed by atoms with van der Waals surface area (Å²) in [6, 6.07) is 3.16. The van der Waals surface area contributed by atoms with Gasteiger partial charge in [0.1, 0.15) is 18.0 Å². The quantitative estimate of drug-likeness (QED) is 0.678. The molecule has 0 bridgehead atoms. The fourth-order valence-corrected chi connectivity index (χ4v) is 4.16. The fourth-order valence-electron chi connectivity index (χ4n) is 4.16. The molecule has 2 fully saturated rings. The first kappa shape index (κ1) is 20.5. The van der Waals surface area contributed by atoms with Crippen molar-refractivity contribution < 1.29 is 28.8 Å². The van der Waals surface area contributed by atoms with Crippen molar-refractivity contribution in [1.82, 2.24) is 4.90 Å². The average Bonchev–Trinajstić information content (AvgIpc) is 2.84. The van der Waals surface area contributed by atoms with E-state index in [0.29, 0.717) is 19.5 Å². The molecule has 3 rings (SSSR count). The van der Waals surface area contributed by atoms with Crippen LogP contribution in [0, 0.1) is 11.6 Å². The zero-order valence-corrected chi connectivity index (χ0v) is 15.5. The van der Waals surface area contributed by atoms with Gasteiger partial charge in [0.25, 0.3) is 0 Å². The lowest BCUT2D eigenvalue weighted by Crippen LogP contribution is -2.61. The Morgan fingerprint density at radius 3 is 2.44 bits per heavy atom. The van der Waals surface area contributed by atoms with Crippen LogP contribution < -0.4 is 4.74 Å². The Bertz CT molecular complexity index is 636. The number of likely N-dealkylation sites (tertiary alicyclic amines) is 1. The first-order valence-electron chi connectivity index (χ1n) is 9.73. The molecule has 1 aliphatic carbocycles. The van der Waals surface area contributed by atoms with Crippen LogP contribution >= 0.6 is 0 Å². The lowest BCUT2D eigenvalue weighted by molar-refractivity contribution is -0.148. The van der Waals surface area contributed by atoms with Crippen LogP contribution in [0.5, 0.6) is 5.75 Å². The first-order chi connectivity index (χ1) is 12.8. The summed E-state index contributed by atoms with van der Waals surface area (Å²) < 4.78 is 31.8. The second kappa shape index (κ2) is 8.39. The third-order valence-corrected chi connectivity index (χ3v) is 5.77. The predicted octanol–water partition coefficient (Wildman–Crippen LogP) is 2.23. The molecule has 0 aromatic heterocycles. The minimum absolute atomic E-state index is 0.0917. The number of nitrogens with zero attached hydrogens (tertiary/aromatic N) is 1. The molecule has 1 aromatic carbocycles. The van der Waals surface area contributed by atoms with E-state index >= 15 is 0 Å². The van der Waals surface area contributed by atoms with E-state index in [9.17, 15) is 24.1 Å². The van der Waals surface area contributed by atoms with Crippen LogP contribution in [0.1, 0.15) is 44.9 Å². The molecule has 0 amide bonds. The van der Waals surface area contributed by atoms with E-state index in [2.05, 4.69) is 0 Å². The van der Waals surface area contributed by atoms with Gasteiger partial charge in [0.15, 0.2) is 11.6 Å². The monoisotopic (exact) mass is 385 g/mol. The van der Waals surface area contributed by atoms with Gasteiger partial charge in [-0.2, -0.15) is 0 Å². The van der Waals surface area contributed by atoms with E-state index in [1.165, 1.54) is 6.07 Å². The maximum absolute atomic E-state index is 13.3. The number of hydrogen-bond donors (Lipinski definition) is 3. The van der Waals surface area contributed by atoms with Crippen molar-refractivity contribution >= 4 is 0 Å². The van der Waals surface area contributed by atoms with Crippen molar-refractivity contribution in [3.63, 3.8) is 0 Å². The second-order valence-corrected chi connectivity index (χ2v) is 8.12. The number of aliphatic hydroxyl groups is 3. The van der Waals surface area contributed by atoms with Crippen molar-refractivity contribution in [1.29, 1.82) is 0 Å². The Hall–Kier alpha value is -1.28. The average molecular weight is 385 g/mol. The van der Waals surface area contributed by atoms with Crippen LogP contribution in [0.2, 0.25) is 0 Å². The Labute approximate surface area is 158 Å². The topological polar surface area (TPSA) is 73.2 Å². The van der Waals surface area contributed by atoms with Gasteiger partial charge in [-0.1, -0.05) is 25.7 Å². The highest BCUT2D eigenvalue weighted by Crippen LogP contribution is 2.31. The molecule has 1 aliphatic heterocycles. The minimum Gasteiger partial charge on any atom is -0.490 e. The SMILES string of the molecule is O[C@H]1CCN(CC2(O)CCCCCC2)C[C@]1(O)COc1ccc(F)c(F)c1. The van der Waals surface area contributed by atoms with Gasteiger partial charge >= 0.3 is 0 Å². The molecule has 0 radical (unpaired) electrons. The summed E-state index contributed by atoms with van der Waals surface area (Å²) in [5.41, 5.74) is -2.30. The van der Waals surface area contributed by atoms with Gasteiger partial charge in [0.05, 0.1) is 11.7 Å². The molecular weight excluding hydrogens is 356 g/mol. The lowest BCUT2D eigenvalue weighted by atomic mass is 9.87. The van der Waals surface area contributed by atoms with E-state index in [-0.39, 0.29) is 18.9 Å². The lowest BCUT2D eigenvalue weighted by Gasteiger charge is -2.44. The molecular formula is C20H29F2NO4. The second-order valence-electron chi connectivity index (χ2n) is 8.12. The molecule has 1 aromatic rings. The molecule has 2 aliphatic rings. The van der Waals surface area contributed by atoms with Crippen molar-refractivity contribution in [2.24, 2.45) is 0 Å². The summed E-state index contributed by atoms with van der Waals surface area (Å²) in [7, 11) is 0. The van der Waals surface area contributed by atoms with Gasteiger partial charge in [0.2, 0.25) is 0 Å². The van der Waals surface area contributed by atoms with Crippen molar-refractivity contribution in [2.75, 3.05) is 26.2 Å². The maximum Gasteiger partial charge on any atom is 0.162 e. The van der Waals surface area contributed by atoms with E-state index in [4.69, 9.17) is 4.74 Å². The molecule has 3 N–H and O–H groups in total. The molecule has 1 heterocycles. The Morgan fingerprint density at radius 1 is 1.07 bits per heavy atom. The molecule has 1 saturated carbocycles. The number of β-amino-alcohol motifs (C(OH)–C–C–N with tert-alkyl or cyclic N) is 2. The van der Waals surface area contributed by atoms with Gasteiger partial charge in [0, 0.05) is 25.7 Å². The highest BCUT2D eigenvalue weighted by molar-refractivity contribution is 5.23. The van der Waals surface area contributed by atoms with Crippen molar-refractivity contribution in [2.45, 2.75) is 62.3 Å². The summed E-state index contributed by atoms with van der Waals surface area (Å²) in [6.45, 7) is 0.943. The number of hydrogen-bond acceptors (Lipinski definition) is 5. The zero-order chi connectivity index (χ0) is 19.5. The molecule has 27 heavy (non-hydrogen) atoms. The van der Waals surface area contributed by atoms with Crippen LogP contribution in [0.3, 0.4) is 0 Å². The molecule has 5 nitrogen and oxygen atoms in total. The minimum atomic E-state index is -1.54. The van der Waals surface area contributed by atoms with Crippen LogP contribution in [-0.2, 0) is 0 Å². The largest absolute Gasteiger partial charge is 0.490 e. The zero-order valence-electron chi connectivity index (χ0n) is 15.5. The van der Waals surface area contributed by atoms with Crippen molar-refractivity contribution in [3.8, 4) is 5.75 Å². The highest BCUT2D eigenvalue weighted by Gasteiger charge is 2.44. The predicted molar refractivity (Wildman–Crippen MR) is 96.5 cm³/mol. The van der Waals surface area contributed by atoms with E-state index in [1.807, 2.05) is 4.90 Å². The molecule has 1 saturated heterocycles. The number of halogens is 2. The summed E-state index contributed by atoms with van der Waals surface area (Å²) in [5, 5.41) is 32.1. The first-order valence-corrected chi connectivity index (χ1v) is 9.73. The van der Waals surface area contributed by atoms with Gasteiger partial charge in [-0.15, -0.1) is 0 Å². The van der Waals surface area contributed by atoms with E-state index in [1.54, 1.807) is 0 Å². The molecule has 152 valence electrons.